The van der Waals surface area contributed by atoms with E-state index in [1.807, 2.05) is 32.3 Å². The number of carbonyl (C=O) groups excluding carboxylic acids is 1. The van der Waals surface area contributed by atoms with Gasteiger partial charge < -0.3 is 15.2 Å². The van der Waals surface area contributed by atoms with Crippen molar-refractivity contribution in [2.75, 3.05) is 25.5 Å². The van der Waals surface area contributed by atoms with Crippen LogP contribution in [-0.2, 0) is 0 Å². The number of nitrogens with one attached hydrogen (secondary N) is 2. The van der Waals surface area contributed by atoms with Crippen molar-refractivity contribution in [3.63, 3.8) is 0 Å². The van der Waals surface area contributed by atoms with Crippen LogP contribution in [-0.4, -0.2) is 31.5 Å². The van der Waals surface area contributed by atoms with E-state index < -0.39 is 0 Å². The summed E-state index contributed by atoms with van der Waals surface area (Å²) in [5, 5.41) is 4.31. The van der Waals surface area contributed by atoms with Crippen LogP contribution in [0.1, 0.15) is 26.7 Å². The molecule has 0 saturated carbocycles. The number of amides is 1. The molecule has 0 unspecified atom stereocenters. The van der Waals surface area contributed by atoms with Crippen molar-refractivity contribution in [2.45, 2.75) is 5.92 Å². The Balaban J connectivity index is 1.65. The van der Waals surface area contributed by atoms with Crippen LogP contribution in [0, 0.1) is 0 Å². The van der Waals surface area contributed by atoms with Crippen LogP contribution < -0.4 is 10.2 Å². The highest BCUT2D eigenvalue weighted by atomic mass is 79.9. The first-order chi connectivity index (χ1) is 14.4. The van der Waals surface area contributed by atoms with Gasteiger partial charge in [0.1, 0.15) is 0 Å². The van der Waals surface area contributed by atoms with Gasteiger partial charge in [0.25, 0.3) is 5.91 Å². The lowest BCUT2D eigenvalue weighted by molar-refractivity contribution is 0.0956. The maximum atomic E-state index is 12.8. The van der Waals surface area contributed by atoms with E-state index in [4.69, 9.17) is 0 Å². The fraction of sp³-hybridized carbons (Fsp3) is 0.174. The van der Waals surface area contributed by atoms with Gasteiger partial charge in [-0.05, 0) is 67.3 Å². The molecule has 4 aromatic rings. The Hall–Kier alpha value is -2.09. The average molecular weight is 547 g/mol. The third-order valence-electron chi connectivity index (χ3n) is 5.14. The number of H-pyrrole nitrogens is 1. The molecule has 2 N–H and O–H groups in total. The van der Waals surface area contributed by atoms with Crippen LogP contribution in [0.25, 0.3) is 10.9 Å². The van der Waals surface area contributed by atoms with Crippen molar-refractivity contribution < 1.29 is 4.79 Å². The molecule has 30 heavy (non-hydrogen) atoms. The molecule has 0 fully saturated rings. The number of hydrogen-bond donors (Lipinski definition) is 2. The summed E-state index contributed by atoms with van der Waals surface area (Å²) in [7, 11) is 4.06. The van der Waals surface area contributed by atoms with Crippen LogP contribution in [0.2, 0.25) is 0 Å². The predicted octanol–water partition coefficient (Wildman–Crippen LogP) is 6.38. The van der Waals surface area contributed by atoms with Crippen LogP contribution in [0.5, 0.6) is 0 Å². The Morgan fingerprint density at radius 1 is 1.13 bits per heavy atom. The first-order valence-electron chi connectivity index (χ1n) is 9.50. The summed E-state index contributed by atoms with van der Waals surface area (Å²) in [6, 6.07) is 18.6. The van der Waals surface area contributed by atoms with Gasteiger partial charge in [-0.3, -0.25) is 4.79 Å². The standard InChI is InChI=1S/C23H21Br2N3OS/c1-28(2)15-9-7-14(8-10-15)17(18-13-26-20-6-4-3-5-16(18)20)12-27-23(29)21-11-19(24)22(25)30-21/h3-11,13,17,26H,12H2,1-2H3,(H,27,29)/t17-/m1/s1. The van der Waals surface area contributed by atoms with Crippen LogP contribution in [0.3, 0.4) is 0 Å². The third kappa shape index (κ3) is 4.33. The molecule has 0 saturated heterocycles. The molecule has 0 radical (unpaired) electrons. The van der Waals surface area contributed by atoms with E-state index in [1.165, 1.54) is 27.8 Å². The first kappa shape index (κ1) is 21.2. The number of para-hydroxylation sites is 1. The smallest absolute Gasteiger partial charge is 0.261 e. The summed E-state index contributed by atoms with van der Waals surface area (Å²) >= 11 is 8.34. The minimum atomic E-state index is -0.0684. The molecule has 0 bridgehead atoms. The van der Waals surface area contributed by atoms with Crippen molar-refractivity contribution in [3.8, 4) is 0 Å². The van der Waals surface area contributed by atoms with E-state index in [0.717, 1.165) is 19.5 Å². The molecular weight excluding hydrogens is 526 g/mol. The van der Waals surface area contributed by atoms with Gasteiger partial charge >= 0.3 is 0 Å². The predicted molar refractivity (Wildman–Crippen MR) is 133 cm³/mol. The number of halogens is 2. The number of aromatic amines is 1. The lowest BCUT2D eigenvalue weighted by Crippen LogP contribution is -2.28. The zero-order valence-corrected chi connectivity index (χ0v) is 20.6. The molecule has 0 spiro atoms. The van der Waals surface area contributed by atoms with E-state index >= 15 is 0 Å². The number of thiophene rings is 1. The summed E-state index contributed by atoms with van der Waals surface area (Å²) in [5.41, 5.74) is 4.59. The summed E-state index contributed by atoms with van der Waals surface area (Å²) < 4.78 is 1.81. The highest BCUT2D eigenvalue weighted by Gasteiger charge is 2.20. The maximum Gasteiger partial charge on any atom is 0.261 e. The molecule has 2 heterocycles. The van der Waals surface area contributed by atoms with Crippen molar-refractivity contribution in [1.82, 2.24) is 10.3 Å². The SMILES string of the molecule is CN(C)c1ccc([C@@H](CNC(=O)c2cc(Br)c(Br)s2)c2c[nH]c3ccccc23)cc1. The van der Waals surface area contributed by atoms with Crippen LogP contribution in [0.15, 0.2) is 69.1 Å². The van der Waals surface area contributed by atoms with E-state index in [2.05, 4.69) is 89.7 Å². The minimum absolute atomic E-state index is 0.0353. The largest absolute Gasteiger partial charge is 0.378 e. The van der Waals surface area contributed by atoms with Gasteiger partial charge in [-0.1, -0.05) is 30.3 Å². The molecule has 2 aromatic carbocycles. The van der Waals surface area contributed by atoms with Gasteiger partial charge in [-0.2, -0.15) is 0 Å². The fourth-order valence-electron chi connectivity index (χ4n) is 3.53. The number of nitrogens with zero attached hydrogens (tertiary/aromatic N) is 1. The molecule has 1 amide bonds. The fourth-order valence-corrected chi connectivity index (χ4v) is 5.49. The summed E-state index contributed by atoms with van der Waals surface area (Å²) in [5.74, 6) is -0.0330. The number of rotatable bonds is 6. The van der Waals surface area contributed by atoms with Gasteiger partial charge in [0.15, 0.2) is 0 Å². The normalized spacial score (nSPS) is 12.1. The second kappa shape index (κ2) is 8.96. The highest BCUT2D eigenvalue weighted by molar-refractivity contribution is 9.13. The number of fused-ring (bicyclic) bond motifs is 1. The minimum Gasteiger partial charge on any atom is -0.378 e. The van der Waals surface area contributed by atoms with Gasteiger partial charge in [0, 0.05) is 53.8 Å². The van der Waals surface area contributed by atoms with Gasteiger partial charge in [0.05, 0.1) is 8.66 Å². The molecule has 7 heteroatoms. The number of aromatic nitrogens is 1. The Morgan fingerprint density at radius 2 is 1.87 bits per heavy atom. The topological polar surface area (TPSA) is 48.1 Å². The van der Waals surface area contributed by atoms with Crippen molar-refractivity contribution >= 4 is 65.7 Å². The van der Waals surface area contributed by atoms with E-state index in [1.54, 1.807) is 0 Å². The average Bonchev–Trinajstić information content (AvgIpc) is 3.32. The third-order valence-corrected chi connectivity index (χ3v) is 8.40. The second-order valence-corrected chi connectivity index (χ2v) is 10.5. The first-order valence-corrected chi connectivity index (χ1v) is 11.9. The van der Waals surface area contributed by atoms with Crippen molar-refractivity contribution in [3.05, 3.63) is 85.1 Å². The number of benzene rings is 2. The molecule has 4 nitrogen and oxygen atoms in total. The van der Waals surface area contributed by atoms with E-state index in [0.29, 0.717) is 11.4 Å². The van der Waals surface area contributed by atoms with Gasteiger partial charge in [-0.15, -0.1) is 11.3 Å². The zero-order valence-electron chi connectivity index (χ0n) is 16.6. The molecule has 2 aromatic heterocycles. The zero-order chi connectivity index (χ0) is 21.3. The van der Waals surface area contributed by atoms with Gasteiger partial charge in [0.2, 0.25) is 0 Å². The Morgan fingerprint density at radius 3 is 2.53 bits per heavy atom. The second-order valence-electron chi connectivity index (χ2n) is 7.27. The van der Waals surface area contributed by atoms with Crippen molar-refractivity contribution in [2.24, 2.45) is 0 Å². The molecule has 4 rings (SSSR count). The highest BCUT2D eigenvalue weighted by Crippen LogP contribution is 2.33. The Kier molecular flexibility index (Phi) is 6.32. The maximum absolute atomic E-state index is 12.8. The quantitative estimate of drug-likeness (QED) is 0.294. The summed E-state index contributed by atoms with van der Waals surface area (Å²) in [6.07, 6.45) is 2.06. The molecule has 0 aliphatic rings. The van der Waals surface area contributed by atoms with E-state index in [9.17, 15) is 4.79 Å². The number of anilines is 1. The van der Waals surface area contributed by atoms with E-state index in [-0.39, 0.29) is 11.8 Å². The lowest BCUT2D eigenvalue weighted by Gasteiger charge is -2.20. The van der Waals surface area contributed by atoms with Crippen LogP contribution >= 0.6 is 43.2 Å². The molecule has 1 atom stereocenters. The Labute approximate surface area is 196 Å². The number of hydrogen-bond acceptors (Lipinski definition) is 3. The lowest BCUT2D eigenvalue weighted by atomic mass is 9.90. The summed E-state index contributed by atoms with van der Waals surface area (Å²) in [6.45, 7) is 0.509. The summed E-state index contributed by atoms with van der Waals surface area (Å²) in [4.78, 5) is 18.9. The molecule has 0 aliphatic heterocycles. The van der Waals surface area contributed by atoms with Gasteiger partial charge in [-0.25, -0.2) is 0 Å². The Bertz CT molecular complexity index is 1160. The van der Waals surface area contributed by atoms with Crippen LogP contribution in [0.4, 0.5) is 5.69 Å². The molecule has 154 valence electrons. The monoisotopic (exact) mass is 545 g/mol. The van der Waals surface area contributed by atoms with Crippen molar-refractivity contribution in [1.29, 1.82) is 0 Å². The molecular formula is C23H21Br2N3OS. The molecule has 0 aliphatic carbocycles. The number of carbonyl (C=O) groups is 1.